The zero-order chi connectivity index (χ0) is 20.9. The van der Waals surface area contributed by atoms with Gasteiger partial charge in [-0.05, 0) is 29.9 Å². The standard InChI is InChI=1S/C20H21N3O5S/c1-2-20(14-7-4-3-5-8-14)18(26)23(19(27)21-20)22-16(24)13-28-17(25)11-10-15-9-6-12-29-15/h3-9,12H,2,10-11,13H2,1H3,(H,21,27)(H,22,24)/t20-/m1/s1. The first-order chi connectivity index (χ1) is 14.0. The summed E-state index contributed by atoms with van der Waals surface area (Å²) in [7, 11) is 0. The van der Waals surface area contributed by atoms with Gasteiger partial charge in [0.05, 0.1) is 6.42 Å². The van der Waals surface area contributed by atoms with Crippen molar-refractivity contribution in [2.24, 2.45) is 0 Å². The third kappa shape index (κ3) is 4.45. The van der Waals surface area contributed by atoms with E-state index in [1.165, 1.54) is 11.3 Å². The summed E-state index contributed by atoms with van der Waals surface area (Å²) >= 11 is 1.54. The van der Waals surface area contributed by atoms with Crippen molar-refractivity contribution in [1.29, 1.82) is 0 Å². The minimum Gasteiger partial charge on any atom is -0.455 e. The van der Waals surface area contributed by atoms with Crippen molar-refractivity contribution >= 4 is 35.2 Å². The molecule has 2 N–H and O–H groups in total. The number of carbonyl (C=O) groups is 4. The van der Waals surface area contributed by atoms with Crippen LogP contribution in [0, 0.1) is 0 Å². The Labute approximate surface area is 171 Å². The van der Waals surface area contributed by atoms with Crippen LogP contribution in [-0.4, -0.2) is 35.4 Å². The van der Waals surface area contributed by atoms with E-state index in [0.717, 1.165) is 4.88 Å². The Morgan fingerprint density at radius 2 is 1.93 bits per heavy atom. The third-order valence-electron chi connectivity index (χ3n) is 4.64. The fourth-order valence-corrected chi connectivity index (χ4v) is 3.80. The van der Waals surface area contributed by atoms with E-state index in [2.05, 4.69) is 10.7 Å². The number of esters is 1. The number of aryl methyl sites for hydroxylation is 1. The van der Waals surface area contributed by atoms with E-state index < -0.39 is 36.0 Å². The van der Waals surface area contributed by atoms with Crippen LogP contribution < -0.4 is 10.7 Å². The number of hydrogen-bond donors (Lipinski definition) is 2. The van der Waals surface area contributed by atoms with Crippen LogP contribution in [0.25, 0.3) is 0 Å². The fourth-order valence-electron chi connectivity index (χ4n) is 3.09. The van der Waals surface area contributed by atoms with E-state index in [4.69, 9.17) is 4.74 Å². The largest absolute Gasteiger partial charge is 0.455 e. The lowest BCUT2D eigenvalue weighted by atomic mass is 9.87. The second-order valence-corrected chi connectivity index (χ2v) is 7.50. The summed E-state index contributed by atoms with van der Waals surface area (Å²) in [6, 6.07) is 11.9. The molecule has 1 aromatic heterocycles. The fraction of sp³-hybridized carbons (Fsp3) is 0.300. The van der Waals surface area contributed by atoms with Gasteiger partial charge < -0.3 is 10.1 Å². The lowest BCUT2D eigenvalue weighted by Gasteiger charge is -2.25. The number of amides is 4. The quantitative estimate of drug-likeness (QED) is 0.508. The van der Waals surface area contributed by atoms with Gasteiger partial charge in [0.1, 0.15) is 5.54 Å². The maximum absolute atomic E-state index is 12.9. The summed E-state index contributed by atoms with van der Waals surface area (Å²) < 4.78 is 4.93. The highest BCUT2D eigenvalue weighted by Crippen LogP contribution is 2.31. The zero-order valence-electron chi connectivity index (χ0n) is 15.8. The number of thiophene rings is 1. The summed E-state index contributed by atoms with van der Waals surface area (Å²) in [5.74, 6) is -1.88. The van der Waals surface area contributed by atoms with Gasteiger partial charge in [0, 0.05) is 4.88 Å². The Bertz CT molecular complexity index is 900. The number of urea groups is 1. The summed E-state index contributed by atoms with van der Waals surface area (Å²) in [5, 5.41) is 5.21. The van der Waals surface area contributed by atoms with Crippen LogP contribution in [0.15, 0.2) is 47.8 Å². The smallest absolute Gasteiger partial charge is 0.344 e. The van der Waals surface area contributed by atoms with Gasteiger partial charge in [-0.1, -0.05) is 43.3 Å². The number of hydrazine groups is 1. The molecule has 29 heavy (non-hydrogen) atoms. The van der Waals surface area contributed by atoms with Gasteiger partial charge in [0.2, 0.25) is 0 Å². The molecule has 0 aliphatic carbocycles. The molecule has 9 heteroatoms. The first kappa shape index (κ1) is 20.5. The molecule has 8 nitrogen and oxygen atoms in total. The van der Waals surface area contributed by atoms with E-state index in [9.17, 15) is 19.2 Å². The van der Waals surface area contributed by atoms with Crippen molar-refractivity contribution in [1.82, 2.24) is 15.8 Å². The van der Waals surface area contributed by atoms with Gasteiger partial charge in [0.25, 0.3) is 11.8 Å². The summed E-state index contributed by atoms with van der Waals surface area (Å²) in [6.45, 7) is 1.19. The molecular weight excluding hydrogens is 394 g/mol. The molecule has 4 amide bonds. The normalized spacial score (nSPS) is 18.4. The molecule has 152 valence electrons. The summed E-state index contributed by atoms with van der Waals surface area (Å²) in [4.78, 5) is 50.1. The molecule has 1 fully saturated rings. The van der Waals surface area contributed by atoms with Crippen LogP contribution in [0.3, 0.4) is 0 Å². The number of ether oxygens (including phenoxy) is 1. The number of nitrogens with one attached hydrogen (secondary N) is 2. The molecule has 0 bridgehead atoms. The first-order valence-electron chi connectivity index (χ1n) is 9.16. The maximum Gasteiger partial charge on any atom is 0.344 e. The summed E-state index contributed by atoms with van der Waals surface area (Å²) in [5.41, 5.74) is 1.60. The maximum atomic E-state index is 12.9. The highest BCUT2D eigenvalue weighted by molar-refractivity contribution is 7.09. The van der Waals surface area contributed by atoms with Crippen LogP contribution in [0.4, 0.5) is 4.79 Å². The van der Waals surface area contributed by atoms with Crippen molar-refractivity contribution in [2.45, 2.75) is 31.7 Å². The van der Waals surface area contributed by atoms with Crippen LogP contribution in [0.2, 0.25) is 0 Å². The minimum absolute atomic E-state index is 0.143. The highest BCUT2D eigenvalue weighted by atomic mass is 32.1. The Hall–Kier alpha value is -3.20. The van der Waals surface area contributed by atoms with Gasteiger partial charge in [-0.25, -0.2) is 4.79 Å². The van der Waals surface area contributed by atoms with Gasteiger partial charge in [0.15, 0.2) is 6.61 Å². The van der Waals surface area contributed by atoms with E-state index in [1.54, 1.807) is 37.3 Å². The lowest BCUT2D eigenvalue weighted by Crippen LogP contribution is -2.49. The average Bonchev–Trinajstić information content (AvgIpc) is 3.34. The predicted octanol–water partition coefficient (Wildman–Crippen LogP) is 2.11. The Morgan fingerprint density at radius 3 is 2.59 bits per heavy atom. The number of nitrogens with zero attached hydrogens (tertiary/aromatic N) is 1. The van der Waals surface area contributed by atoms with E-state index >= 15 is 0 Å². The van der Waals surface area contributed by atoms with Crippen LogP contribution >= 0.6 is 11.3 Å². The lowest BCUT2D eigenvalue weighted by molar-refractivity contribution is -0.150. The van der Waals surface area contributed by atoms with Crippen molar-refractivity contribution in [3.8, 4) is 0 Å². The monoisotopic (exact) mass is 415 g/mol. The molecule has 0 unspecified atom stereocenters. The average molecular weight is 415 g/mol. The number of benzene rings is 1. The molecule has 1 atom stereocenters. The molecule has 1 aliphatic rings. The molecule has 2 aromatic rings. The molecule has 1 saturated heterocycles. The minimum atomic E-state index is -1.25. The number of carbonyl (C=O) groups excluding carboxylic acids is 4. The Morgan fingerprint density at radius 1 is 1.17 bits per heavy atom. The second-order valence-electron chi connectivity index (χ2n) is 6.47. The van der Waals surface area contributed by atoms with Crippen LogP contribution in [-0.2, 0) is 31.1 Å². The Balaban J connectivity index is 1.55. The third-order valence-corrected chi connectivity index (χ3v) is 5.58. The van der Waals surface area contributed by atoms with Crippen molar-refractivity contribution in [3.05, 3.63) is 58.3 Å². The Kier molecular flexibility index (Phi) is 6.28. The first-order valence-corrected chi connectivity index (χ1v) is 10.0. The number of rotatable bonds is 8. The van der Waals surface area contributed by atoms with Crippen molar-refractivity contribution in [3.63, 3.8) is 0 Å². The van der Waals surface area contributed by atoms with Crippen molar-refractivity contribution in [2.75, 3.05) is 6.61 Å². The van der Waals surface area contributed by atoms with Gasteiger partial charge in [-0.3, -0.25) is 19.8 Å². The zero-order valence-corrected chi connectivity index (χ0v) is 16.7. The SMILES string of the molecule is CC[C@]1(c2ccccc2)NC(=O)N(NC(=O)COC(=O)CCc2cccs2)C1=O. The molecular formula is C20H21N3O5S. The van der Waals surface area contributed by atoms with Gasteiger partial charge >= 0.3 is 12.0 Å². The highest BCUT2D eigenvalue weighted by Gasteiger charge is 2.52. The molecule has 0 spiro atoms. The molecule has 1 aromatic carbocycles. The van der Waals surface area contributed by atoms with E-state index in [-0.39, 0.29) is 6.42 Å². The van der Waals surface area contributed by atoms with E-state index in [0.29, 0.717) is 23.4 Å². The van der Waals surface area contributed by atoms with Crippen LogP contribution in [0.5, 0.6) is 0 Å². The second kappa shape index (κ2) is 8.87. The van der Waals surface area contributed by atoms with Crippen LogP contribution in [0.1, 0.15) is 30.2 Å². The summed E-state index contributed by atoms with van der Waals surface area (Å²) in [6.07, 6.45) is 0.983. The van der Waals surface area contributed by atoms with Gasteiger partial charge in [-0.2, -0.15) is 5.01 Å². The number of hydrogen-bond acceptors (Lipinski definition) is 6. The topological polar surface area (TPSA) is 105 Å². The number of imide groups is 1. The molecule has 0 radical (unpaired) electrons. The van der Waals surface area contributed by atoms with E-state index in [1.807, 2.05) is 17.5 Å². The molecule has 2 heterocycles. The molecule has 1 aliphatic heterocycles. The predicted molar refractivity (Wildman–Crippen MR) is 106 cm³/mol. The molecule has 0 saturated carbocycles. The van der Waals surface area contributed by atoms with Crippen molar-refractivity contribution < 1.29 is 23.9 Å². The van der Waals surface area contributed by atoms with Gasteiger partial charge in [-0.15, -0.1) is 11.3 Å². The molecule has 3 rings (SSSR count).